The third-order valence-electron chi connectivity index (χ3n) is 2.75. The fraction of sp³-hybridized carbons (Fsp3) is 0.417. The summed E-state index contributed by atoms with van der Waals surface area (Å²) < 4.78 is 0. The van der Waals surface area contributed by atoms with Crippen LogP contribution < -0.4 is 22.1 Å². The van der Waals surface area contributed by atoms with Gasteiger partial charge in [0.05, 0.1) is 22.9 Å². The topological polar surface area (TPSA) is 123 Å². The number of nitrogens with one attached hydrogen (secondary N) is 2. The van der Waals surface area contributed by atoms with E-state index in [0.29, 0.717) is 12.2 Å². The normalized spacial score (nSPS) is 10.9. The van der Waals surface area contributed by atoms with E-state index in [0.717, 1.165) is 0 Å². The first-order chi connectivity index (χ1) is 8.77. The number of rotatable bonds is 5. The van der Waals surface area contributed by atoms with E-state index >= 15 is 0 Å². The summed E-state index contributed by atoms with van der Waals surface area (Å²) in [6, 6.07) is 1.40. The van der Waals surface area contributed by atoms with Crippen molar-refractivity contribution in [1.29, 1.82) is 0 Å². The van der Waals surface area contributed by atoms with Gasteiger partial charge in [-0.1, -0.05) is 0 Å². The summed E-state index contributed by atoms with van der Waals surface area (Å²) in [5, 5.41) is 5.58. The van der Waals surface area contributed by atoms with Crippen molar-refractivity contribution in [2.45, 2.75) is 13.8 Å². The minimum Gasteiger partial charge on any atom is -0.384 e. The SMILES string of the molecule is CNC(=O)C(C)(C)CNc1cnc(N)cc1C(N)=O. The van der Waals surface area contributed by atoms with Crippen molar-refractivity contribution >= 4 is 23.3 Å². The van der Waals surface area contributed by atoms with Crippen molar-refractivity contribution in [2.75, 3.05) is 24.6 Å². The second-order valence-corrected chi connectivity index (χ2v) is 4.84. The van der Waals surface area contributed by atoms with E-state index < -0.39 is 11.3 Å². The molecule has 6 N–H and O–H groups in total. The van der Waals surface area contributed by atoms with Crippen molar-refractivity contribution in [1.82, 2.24) is 10.3 Å². The second-order valence-electron chi connectivity index (χ2n) is 4.84. The summed E-state index contributed by atoms with van der Waals surface area (Å²) in [6.45, 7) is 3.90. The largest absolute Gasteiger partial charge is 0.384 e. The van der Waals surface area contributed by atoms with Gasteiger partial charge in [-0.25, -0.2) is 4.98 Å². The molecule has 0 aliphatic carbocycles. The molecule has 0 aliphatic rings. The van der Waals surface area contributed by atoms with Crippen LogP contribution in [0.4, 0.5) is 11.5 Å². The molecule has 0 saturated heterocycles. The average molecular weight is 265 g/mol. The van der Waals surface area contributed by atoms with E-state index in [1.54, 1.807) is 20.9 Å². The number of nitrogens with zero attached hydrogens (tertiary/aromatic N) is 1. The number of pyridine rings is 1. The van der Waals surface area contributed by atoms with Crippen LogP contribution in [0.2, 0.25) is 0 Å². The van der Waals surface area contributed by atoms with Crippen LogP contribution in [0.25, 0.3) is 0 Å². The number of aromatic nitrogens is 1. The Morgan fingerprint density at radius 2 is 2.05 bits per heavy atom. The number of anilines is 2. The molecule has 0 aliphatic heterocycles. The molecule has 7 heteroatoms. The van der Waals surface area contributed by atoms with Gasteiger partial charge in [0.2, 0.25) is 5.91 Å². The van der Waals surface area contributed by atoms with E-state index in [-0.39, 0.29) is 17.3 Å². The maximum absolute atomic E-state index is 11.6. The Hall–Kier alpha value is -2.31. The van der Waals surface area contributed by atoms with Gasteiger partial charge in [-0.3, -0.25) is 9.59 Å². The smallest absolute Gasteiger partial charge is 0.250 e. The zero-order valence-corrected chi connectivity index (χ0v) is 11.3. The van der Waals surface area contributed by atoms with Crippen LogP contribution in [0.3, 0.4) is 0 Å². The molecule has 0 unspecified atom stereocenters. The highest BCUT2D eigenvalue weighted by atomic mass is 16.2. The summed E-state index contributed by atoms with van der Waals surface area (Å²) in [4.78, 5) is 26.9. The van der Waals surface area contributed by atoms with Crippen LogP contribution in [-0.2, 0) is 4.79 Å². The van der Waals surface area contributed by atoms with Gasteiger partial charge in [0.1, 0.15) is 5.82 Å². The van der Waals surface area contributed by atoms with Crippen LogP contribution in [0.1, 0.15) is 24.2 Å². The highest BCUT2D eigenvalue weighted by Gasteiger charge is 2.26. The van der Waals surface area contributed by atoms with E-state index in [1.165, 1.54) is 12.3 Å². The summed E-state index contributed by atoms with van der Waals surface area (Å²) in [5.74, 6) is -0.497. The first-order valence-corrected chi connectivity index (χ1v) is 5.79. The number of primary amides is 1. The van der Waals surface area contributed by atoms with E-state index in [4.69, 9.17) is 11.5 Å². The fourth-order valence-corrected chi connectivity index (χ4v) is 1.55. The molecule has 7 nitrogen and oxygen atoms in total. The van der Waals surface area contributed by atoms with Crippen LogP contribution in [0.5, 0.6) is 0 Å². The lowest BCUT2D eigenvalue weighted by atomic mass is 9.92. The number of nitrogen functional groups attached to an aromatic ring is 1. The Balaban J connectivity index is 2.89. The Labute approximate surface area is 111 Å². The quantitative estimate of drug-likeness (QED) is 0.594. The Morgan fingerprint density at radius 1 is 1.42 bits per heavy atom. The molecule has 0 radical (unpaired) electrons. The van der Waals surface area contributed by atoms with Crippen molar-refractivity contribution < 1.29 is 9.59 Å². The predicted molar refractivity (Wildman–Crippen MR) is 73.5 cm³/mol. The molecule has 104 valence electrons. The van der Waals surface area contributed by atoms with Crippen LogP contribution in [0.15, 0.2) is 12.3 Å². The van der Waals surface area contributed by atoms with Crippen molar-refractivity contribution in [3.63, 3.8) is 0 Å². The Bertz CT molecular complexity index is 499. The Morgan fingerprint density at radius 3 is 2.58 bits per heavy atom. The zero-order chi connectivity index (χ0) is 14.6. The number of carbonyl (C=O) groups is 2. The molecule has 0 atom stereocenters. The van der Waals surface area contributed by atoms with Crippen molar-refractivity contribution in [3.05, 3.63) is 17.8 Å². The van der Waals surface area contributed by atoms with Gasteiger partial charge < -0.3 is 22.1 Å². The lowest BCUT2D eigenvalue weighted by Gasteiger charge is -2.24. The number of carbonyl (C=O) groups excluding carboxylic acids is 2. The van der Waals surface area contributed by atoms with E-state index in [9.17, 15) is 9.59 Å². The third-order valence-corrected chi connectivity index (χ3v) is 2.75. The molecular formula is C12H19N5O2. The monoisotopic (exact) mass is 265 g/mol. The van der Waals surface area contributed by atoms with Gasteiger partial charge in [-0.05, 0) is 19.9 Å². The van der Waals surface area contributed by atoms with Crippen LogP contribution in [-0.4, -0.2) is 30.4 Å². The minimum absolute atomic E-state index is 0.107. The van der Waals surface area contributed by atoms with Gasteiger partial charge in [0.25, 0.3) is 5.91 Å². The predicted octanol–water partition coefficient (Wildman–Crippen LogP) is -0.0532. The van der Waals surface area contributed by atoms with Crippen molar-refractivity contribution in [2.24, 2.45) is 11.1 Å². The lowest BCUT2D eigenvalue weighted by molar-refractivity contribution is -0.128. The molecule has 0 spiro atoms. The molecular weight excluding hydrogens is 246 g/mol. The second kappa shape index (κ2) is 5.55. The van der Waals surface area contributed by atoms with Crippen molar-refractivity contribution in [3.8, 4) is 0 Å². The van der Waals surface area contributed by atoms with E-state index in [1.807, 2.05) is 0 Å². The van der Waals surface area contributed by atoms with E-state index in [2.05, 4.69) is 15.6 Å². The molecule has 2 amide bonds. The molecule has 1 heterocycles. The molecule has 0 saturated carbocycles. The summed E-state index contributed by atoms with van der Waals surface area (Å²) >= 11 is 0. The maximum Gasteiger partial charge on any atom is 0.250 e. The highest BCUT2D eigenvalue weighted by molar-refractivity contribution is 5.99. The van der Waals surface area contributed by atoms with Gasteiger partial charge >= 0.3 is 0 Å². The number of hydrogen-bond donors (Lipinski definition) is 4. The standard InChI is InChI=1S/C12H19N5O2/c1-12(2,11(19)15-3)6-17-8-5-16-9(13)4-7(8)10(14)18/h4-5,17H,6H2,1-3H3,(H2,13,16)(H2,14,18)(H,15,19). The van der Waals surface area contributed by atoms with Gasteiger partial charge in [-0.15, -0.1) is 0 Å². The molecule has 1 rings (SSSR count). The minimum atomic E-state index is -0.634. The molecule has 1 aromatic heterocycles. The van der Waals surface area contributed by atoms with Crippen LogP contribution in [0, 0.1) is 5.41 Å². The summed E-state index contributed by atoms with van der Waals surface area (Å²) in [7, 11) is 1.57. The highest BCUT2D eigenvalue weighted by Crippen LogP contribution is 2.20. The lowest BCUT2D eigenvalue weighted by Crippen LogP contribution is -2.39. The third kappa shape index (κ3) is 3.57. The average Bonchev–Trinajstić information content (AvgIpc) is 2.36. The van der Waals surface area contributed by atoms with Crippen LogP contribution >= 0.6 is 0 Å². The summed E-state index contributed by atoms with van der Waals surface area (Å²) in [5.41, 5.74) is 10.8. The first kappa shape index (κ1) is 14.7. The number of amides is 2. The fourth-order valence-electron chi connectivity index (χ4n) is 1.55. The van der Waals surface area contributed by atoms with Gasteiger partial charge in [-0.2, -0.15) is 0 Å². The zero-order valence-electron chi connectivity index (χ0n) is 11.3. The molecule has 0 aromatic carbocycles. The molecule has 19 heavy (non-hydrogen) atoms. The first-order valence-electron chi connectivity index (χ1n) is 5.79. The van der Waals surface area contributed by atoms with Gasteiger partial charge in [0, 0.05) is 13.6 Å². The molecule has 0 bridgehead atoms. The number of hydrogen-bond acceptors (Lipinski definition) is 5. The van der Waals surface area contributed by atoms with Gasteiger partial charge in [0.15, 0.2) is 0 Å². The number of nitrogens with two attached hydrogens (primary N) is 2. The molecule has 1 aromatic rings. The molecule has 0 fully saturated rings. The maximum atomic E-state index is 11.6. The summed E-state index contributed by atoms with van der Waals surface area (Å²) in [6.07, 6.45) is 1.43. The Kier molecular flexibility index (Phi) is 4.31.